The fraction of sp³-hybridized carbons (Fsp3) is 0.143. The molecule has 2 N–H and O–H groups in total. The number of thioether (sulfide) groups is 1. The molecule has 0 saturated heterocycles. The van der Waals surface area contributed by atoms with E-state index in [4.69, 9.17) is 14.8 Å². The molecule has 0 saturated carbocycles. The molecule has 110 valence electrons. The van der Waals surface area contributed by atoms with E-state index in [0.29, 0.717) is 28.5 Å². The Kier molecular flexibility index (Phi) is 5.61. The molecule has 0 amide bonds. The van der Waals surface area contributed by atoms with Crippen molar-refractivity contribution in [1.29, 1.82) is 0 Å². The molecule has 0 aromatic heterocycles. The Hall–Kier alpha value is -1.57. The molecular formula is C14H13BF2O3S. The van der Waals surface area contributed by atoms with Crippen molar-refractivity contribution < 1.29 is 23.6 Å². The van der Waals surface area contributed by atoms with E-state index in [2.05, 4.69) is 0 Å². The smallest absolute Gasteiger partial charge is 0.488 e. The van der Waals surface area contributed by atoms with Gasteiger partial charge in [0.05, 0.1) is 6.61 Å². The minimum atomic E-state index is -1.54. The summed E-state index contributed by atoms with van der Waals surface area (Å²) in [5, 5.41) is 18.1. The summed E-state index contributed by atoms with van der Waals surface area (Å²) in [6, 6.07) is 10.2. The predicted molar refractivity (Wildman–Crippen MR) is 78.8 cm³/mol. The van der Waals surface area contributed by atoms with Crippen LogP contribution in [0.15, 0.2) is 47.4 Å². The molecule has 0 aliphatic carbocycles. The number of rotatable bonds is 6. The summed E-state index contributed by atoms with van der Waals surface area (Å²) in [7, 11) is -1.54. The minimum Gasteiger partial charge on any atom is -0.493 e. The Morgan fingerprint density at radius 3 is 2.57 bits per heavy atom. The largest absolute Gasteiger partial charge is 0.493 e. The fourth-order valence-electron chi connectivity index (χ4n) is 1.65. The Balaban J connectivity index is 1.81. The van der Waals surface area contributed by atoms with Crippen molar-refractivity contribution in [2.24, 2.45) is 0 Å². The first kappa shape index (κ1) is 15.8. The van der Waals surface area contributed by atoms with Crippen LogP contribution in [0, 0.1) is 11.6 Å². The number of hydrogen-bond acceptors (Lipinski definition) is 4. The Morgan fingerprint density at radius 2 is 1.86 bits per heavy atom. The van der Waals surface area contributed by atoms with Crippen molar-refractivity contribution in [3.8, 4) is 5.75 Å². The van der Waals surface area contributed by atoms with Crippen molar-refractivity contribution in [2.45, 2.75) is 4.90 Å². The summed E-state index contributed by atoms with van der Waals surface area (Å²) in [6.07, 6.45) is 0. The number of halogens is 2. The van der Waals surface area contributed by atoms with Gasteiger partial charge in [0.25, 0.3) is 0 Å². The standard InChI is InChI=1S/C14H13BF2O3S/c16-13-5-4-12(9-14(13)17)21-7-6-20-11-3-1-2-10(8-11)15(18)19/h1-5,8-9,18-19H,6-7H2. The lowest BCUT2D eigenvalue weighted by Crippen LogP contribution is -2.29. The third kappa shape index (κ3) is 4.73. The number of ether oxygens (including phenoxy) is 1. The monoisotopic (exact) mass is 310 g/mol. The van der Waals surface area contributed by atoms with E-state index in [1.54, 1.807) is 18.2 Å². The van der Waals surface area contributed by atoms with E-state index in [9.17, 15) is 8.78 Å². The van der Waals surface area contributed by atoms with Crippen molar-refractivity contribution in [3.05, 3.63) is 54.1 Å². The first-order valence-corrected chi connectivity index (χ1v) is 7.21. The molecule has 7 heteroatoms. The average molecular weight is 310 g/mol. The van der Waals surface area contributed by atoms with Crippen LogP contribution >= 0.6 is 11.8 Å². The molecular weight excluding hydrogens is 297 g/mol. The quantitative estimate of drug-likeness (QED) is 0.485. The molecule has 0 aliphatic rings. The van der Waals surface area contributed by atoms with Gasteiger partial charge < -0.3 is 14.8 Å². The summed E-state index contributed by atoms with van der Waals surface area (Å²) in [4.78, 5) is 0.622. The van der Waals surface area contributed by atoms with Crippen LogP contribution in [0.3, 0.4) is 0 Å². The van der Waals surface area contributed by atoms with Crippen molar-refractivity contribution in [2.75, 3.05) is 12.4 Å². The molecule has 0 aliphatic heterocycles. The maximum absolute atomic E-state index is 13.0. The van der Waals surface area contributed by atoms with Crippen LogP contribution in [0.25, 0.3) is 0 Å². The van der Waals surface area contributed by atoms with E-state index in [0.717, 1.165) is 12.1 Å². The molecule has 0 unspecified atom stereocenters. The summed E-state index contributed by atoms with van der Waals surface area (Å²) < 4.78 is 31.2. The van der Waals surface area contributed by atoms with Crippen LogP contribution in [0.4, 0.5) is 8.78 Å². The van der Waals surface area contributed by atoms with Crippen LogP contribution in [-0.2, 0) is 0 Å². The van der Waals surface area contributed by atoms with E-state index < -0.39 is 18.8 Å². The van der Waals surface area contributed by atoms with E-state index >= 15 is 0 Å². The van der Waals surface area contributed by atoms with E-state index in [-0.39, 0.29) is 0 Å². The zero-order chi connectivity index (χ0) is 15.2. The summed E-state index contributed by atoms with van der Waals surface area (Å²) >= 11 is 1.34. The minimum absolute atomic E-state index is 0.348. The topological polar surface area (TPSA) is 49.7 Å². The van der Waals surface area contributed by atoms with Crippen molar-refractivity contribution in [3.63, 3.8) is 0 Å². The zero-order valence-corrected chi connectivity index (χ0v) is 11.8. The van der Waals surface area contributed by atoms with Gasteiger partial charge in [0.15, 0.2) is 11.6 Å². The van der Waals surface area contributed by atoms with E-state index in [1.807, 2.05) is 0 Å². The molecule has 2 aromatic rings. The molecule has 0 fully saturated rings. The van der Waals surface area contributed by atoms with Gasteiger partial charge in [-0.2, -0.15) is 0 Å². The Labute approximate surface area is 125 Å². The van der Waals surface area contributed by atoms with Crippen LogP contribution in [-0.4, -0.2) is 29.5 Å². The van der Waals surface area contributed by atoms with Gasteiger partial charge in [0, 0.05) is 10.6 Å². The predicted octanol–water partition coefficient (Wildman–Crippen LogP) is 1.82. The lowest BCUT2D eigenvalue weighted by molar-refractivity contribution is 0.344. The third-order valence-corrected chi connectivity index (χ3v) is 3.63. The summed E-state index contributed by atoms with van der Waals surface area (Å²) in [6.45, 7) is 0.356. The van der Waals surface area contributed by atoms with Gasteiger partial charge in [-0.3, -0.25) is 0 Å². The Bertz CT molecular complexity index is 611. The van der Waals surface area contributed by atoms with Crippen LogP contribution < -0.4 is 10.2 Å². The van der Waals surface area contributed by atoms with Gasteiger partial charge in [-0.1, -0.05) is 12.1 Å². The maximum Gasteiger partial charge on any atom is 0.488 e. The molecule has 2 aromatic carbocycles. The molecule has 0 radical (unpaired) electrons. The molecule has 0 atom stereocenters. The van der Waals surface area contributed by atoms with Gasteiger partial charge in [-0.15, -0.1) is 11.8 Å². The van der Waals surface area contributed by atoms with Crippen LogP contribution in [0.2, 0.25) is 0 Å². The third-order valence-electron chi connectivity index (χ3n) is 2.67. The van der Waals surface area contributed by atoms with Gasteiger partial charge in [0.2, 0.25) is 0 Å². The molecule has 2 rings (SSSR count). The lowest BCUT2D eigenvalue weighted by atomic mass is 9.80. The van der Waals surface area contributed by atoms with Crippen molar-refractivity contribution in [1.82, 2.24) is 0 Å². The fourth-order valence-corrected chi connectivity index (χ4v) is 2.40. The van der Waals surface area contributed by atoms with E-state index in [1.165, 1.54) is 23.9 Å². The van der Waals surface area contributed by atoms with Gasteiger partial charge in [-0.25, -0.2) is 8.78 Å². The second kappa shape index (κ2) is 7.45. The second-order valence-electron chi connectivity index (χ2n) is 4.22. The number of hydrogen-bond donors (Lipinski definition) is 2. The Morgan fingerprint density at radius 1 is 1.05 bits per heavy atom. The molecule has 3 nitrogen and oxygen atoms in total. The lowest BCUT2D eigenvalue weighted by Gasteiger charge is -2.08. The van der Waals surface area contributed by atoms with Gasteiger partial charge in [0.1, 0.15) is 5.75 Å². The maximum atomic E-state index is 13.0. The van der Waals surface area contributed by atoms with Crippen molar-refractivity contribution >= 4 is 24.3 Å². The van der Waals surface area contributed by atoms with Gasteiger partial charge in [-0.05, 0) is 35.8 Å². The number of benzene rings is 2. The SMILES string of the molecule is OB(O)c1cccc(OCCSc2ccc(F)c(F)c2)c1. The first-order valence-electron chi connectivity index (χ1n) is 6.23. The molecule has 0 heterocycles. The highest BCUT2D eigenvalue weighted by Gasteiger charge is 2.11. The summed E-state index contributed by atoms with van der Waals surface area (Å²) in [5.41, 5.74) is 0.348. The molecule has 0 bridgehead atoms. The summed E-state index contributed by atoms with van der Waals surface area (Å²) in [5.74, 6) is -0.663. The first-order chi connectivity index (χ1) is 10.1. The van der Waals surface area contributed by atoms with Crippen LogP contribution in [0.5, 0.6) is 5.75 Å². The van der Waals surface area contributed by atoms with Crippen LogP contribution in [0.1, 0.15) is 0 Å². The molecule has 0 spiro atoms. The normalized spacial score (nSPS) is 10.5. The molecule has 21 heavy (non-hydrogen) atoms. The average Bonchev–Trinajstić information content (AvgIpc) is 2.47. The zero-order valence-electron chi connectivity index (χ0n) is 11.0. The van der Waals surface area contributed by atoms with Gasteiger partial charge >= 0.3 is 7.12 Å². The highest BCUT2D eigenvalue weighted by atomic mass is 32.2. The second-order valence-corrected chi connectivity index (χ2v) is 5.39. The highest BCUT2D eigenvalue weighted by Crippen LogP contribution is 2.20. The highest BCUT2D eigenvalue weighted by molar-refractivity contribution is 7.99.